The van der Waals surface area contributed by atoms with E-state index in [1.807, 2.05) is 30.3 Å². The van der Waals surface area contributed by atoms with Crippen LogP contribution in [-0.2, 0) is 6.42 Å². The number of hydrogen-bond acceptors (Lipinski definition) is 3. The van der Waals surface area contributed by atoms with Crippen LogP contribution in [-0.4, -0.2) is 25.4 Å². The highest BCUT2D eigenvalue weighted by molar-refractivity contribution is 5.85. The molecule has 0 saturated heterocycles. The Kier molecular flexibility index (Phi) is 2.72. The van der Waals surface area contributed by atoms with Crippen molar-refractivity contribution in [3.63, 3.8) is 0 Å². The molecule has 5 nitrogen and oxygen atoms in total. The maximum absolute atomic E-state index is 11.2. The zero-order chi connectivity index (χ0) is 13.2. The first kappa shape index (κ1) is 11.4. The average Bonchev–Trinajstić information content (AvgIpc) is 2.79. The average molecular weight is 253 g/mol. The number of hydrogen-bond donors (Lipinski definition) is 1. The van der Waals surface area contributed by atoms with E-state index < -0.39 is 5.97 Å². The smallest absolute Gasteiger partial charge is 0.372 e. The zero-order valence-corrected chi connectivity index (χ0v) is 10.0. The van der Waals surface area contributed by atoms with Crippen molar-refractivity contribution >= 4 is 11.6 Å². The lowest BCUT2D eigenvalue weighted by molar-refractivity contribution is 0.0682. The van der Waals surface area contributed by atoms with Crippen LogP contribution in [0.15, 0.2) is 48.8 Å². The number of nitrogens with zero attached hydrogens (tertiary/aromatic N) is 3. The predicted molar refractivity (Wildman–Crippen MR) is 69.2 cm³/mol. The van der Waals surface area contributed by atoms with Crippen LogP contribution in [0.1, 0.15) is 21.9 Å². The summed E-state index contributed by atoms with van der Waals surface area (Å²) in [6, 6.07) is 11.5. The van der Waals surface area contributed by atoms with E-state index in [0.717, 1.165) is 5.56 Å². The second kappa shape index (κ2) is 4.53. The zero-order valence-electron chi connectivity index (χ0n) is 10.0. The van der Waals surface area contributed by atoms with Gasteiger partial charge in [-0.25, -0.2) is 14.8 Å². The van der Waals surface area contributed by atoms with E-state index in [9.17, 15) is 4.79 Å². The van der Waals surface area contributed by atoms with E-state index >= 15 is 0 Å². The van der Waals surface area contributed by atoms with E-state index in [4.69, 9.17) is 5.11 Å². The summed E-state index contributed by atoms with van der Waals surface area (Å²) >= 11 is 0. The Labute approximate surface area is 109 Å². The fourth-order valence-electron chi connectivity index (χ4n) is 2.05. The Morgan fingerprint density at radius 2 is 2.00 bits per heavy atom. The third-order valence-electron chi connectivity index (χ3n) is 2.88. The first-order chi connectivity index (χ1) is 9.25. The lowest BCUT2D eigenvalue weighted by atomic mass is 10.1. The van der Waals surface area contributed by atoms with Crippen molar-refractivity contribution in [2.45, 2.75) is 6.42 Å². The molecule has 1 N–H and O–H groups in total. The lowest BCUT2D eigenvalue weighted by Gasteiger charge is -1.98. The van der Waals surface area contributed by atoms with Gasteiger partial charge in [0.1, 0.15) is 0 Å². The molecular weight excluding hydrogens is 242 g/mol. The minimum absolute atomic E-state index is 0.00553. The summed E-state index contributed by atoms with van der Waals surface area (Å²) < 4.78 is 1.50. The summed E-state index contributed by atoms with van der Waals surface area (Å²) in [6.07, 6.45) is 3.86. The lowest BCUT2D eigenvalue weighted by Crippen LogP contribution is -2.03. The van der Waals surface area contributed by atoms with Crippen LogP contribution in [0.3, 0.4) is 0 Å². The van der Waals surface area contributed by atoms with Gasteiger partial charge in [-0.2, -0.15) is 0 Å². The van der Waals surface area contributed by atoms with Gasteiger partial charge in [-0.3, -0.25) is 4.40 Å². The molecule has 0 aliphatic rings. The Morgan fingerprint density at radius 3 is 2.74 bits per heavy atom. The summed E-state index contributed by atoms with van der Waals surface area (Å²) in [7, 11) is 0. The van der Waals surface area contributed by atoms with Crippen LogP contribution in [0.25, 0.3) is 5.65 Å². The molecule has 0 aliphatic heterocycles. The number of carboxylic acid groups (broad SMARTS) is 1. The third kappa shape index (κ3) is 2.06. The minimum atomic E-state index is -1.05. The van der Waals surface area contributed by atoms with Crippen molar-refractivity contribution in [3.05, 3.63) is 65.9 Å². The molecule has 0 amide bonds. The Bertz CT molecular complexity index is 735. The first-order valence-electron chi connectivity index (χ1n) is 5.85. The number of aromatic carboxylic acids is 1. The number of carboxylic acids is 1. The molecule has 0 radical (unpaired) electrons. The van der Waals surface area contributed by atoms with Crippen molar-refractivity contribution in [2.75, 3.05) is 0 Å². The molecule has 0 saturated carbocycles. The Balaban J connectivity index is 2.11. The summed E-state index contributed by atoms with van der Waals surface area (Å²) in [5, 5.41) is 9.15. The van der Waals surface area contributed by atoms with Gasteiger partial charge in [0.15, 0.2) is 5.65 Å². The van der Waals surface area contributed by atoms with Gasteiger partial charge in [-0.1, -0.05) is 30.3 Å². The minimum Gasteiger partial charge on any atom is -0.475 e. The highest BCUT2D eigenvalue weighted by Gasteiger charge is 2.16. The quantitative estimate of drug-likeness (QED) is 0.775. The van der Waals surface area contributed by atoms with Gasteiger partial charge in [0.25, 0.3) is 0 Å². The summed E-state index contributed by atoms with van der Waals surface area (Å²) in [5.74, 6) is -1.06. The topological polar surface area (TPSA) is 67.5 Å². The van der Waals surface area contributed by atoms with Crippen LogP contribution >= 0.6 is 0 Å². The highest BCUT2D eigenvalue weighted by atomic mass is 16.4. The van der Waals surface area contributed by atoms with Gasteiger partial charge in [0.2, 0.25) is 5.82 Å². The first-order valence-corrected chi connectivity index (χ1v) is 5.85. The largest absolute Gasteiger partial charge is 0.475 e. The van der Waals surface area contributed by atoms with Gasteiger partial charge in [0.05, 0.1) is 5.69 Å². The van der Waals surface area contributed by atoms with Gasteiger partial charge >= 0.3 is 5.97 Å². The van der Waals surface area contributed by atoms with Gasteiger partial charge < -0.3 is 5.11 Å². The van der Waals surface area contributed by atoms with Gasteiger partial charge in [0, 0.05) is 18.8 Å². The SMILES string of the molecule is O=C(O)c1nc(Cc2ccccc2)c2ncccn12. The second-order valence-corrected chi connectivity index (χ2v) is 4.16. The molecule has 3 rings (SSSR count). The van der Waals surface area contributed by atoms with Crippen LogP contribution in [0.2, 0.25) is 0 Å². The van der Waals surface area contributed by atoms with Crippen LogP contribution in [0, 0.1) is 0 Å². The molecule has 0 aliphatic carbocycles. The molecule has 0 fully saturated rings. The summed E-state index contributed by atoms with van der Waals surface area (Å²) in [6.45, 7) is 0. The standard InChI is InChI=1S/C14H11N3O2/c18-14(19)13-16-11(9-10-5-2-1-3-6-10)12-15-7-4-8-17(12)13/h1-8H,9H2,(H,18,19). The number of aromatic nitrogens is 3. The molecule has 19 heavy (non-hydrogen) atoms. The van der Waals surface area contributed by atoms with E-state index in [0.29, 0.717) is 17.8 Å². The number of carbonyl (C=O) groups is 1. The van der Waals surface area contributed by atoms with Gasteiger partial charge in [-0.05, 0) is 11.6 Å². The molecule has 0 bridgehead atoms. The molecule has 3 aromatic rings. The predicted octanol–water partition coefficient (Wildman–Crippen LogP) is 2.02. The Morgan fingerprint density at radius 1 is 1.21 bits per heavy atom. The van der Waals surface area contributed by atoms with Crippen molar-refractivity contribution in [1.29, 1.82) is 0 Å². The van der Waals surface area contributed by atoms with E-state index in [-0.39, 0.29) is 5.82 Å². The molecule has 0 unspecified atom stereocenters. The normalized spacial score (nSPS) is 10.7. The monoisotopic (exact) mass is 253 g/mol. The van der Waals surface area contributed by atoms with Gasteiger partial charge in [-0.15, -0.1) is 0 Å². The molecular formula is C14H11N3O2. The van der Waals surface area contributed by atoms with Crippen LogP contribution < -0.4 is 0 Å². The summed E-state index contributed by atoms with van der Waals surface area (Å²) in [5.41, 5.74) is 2.33. The maximum atomic E-state index is 11.2. The Hall–Kier alpha value is -2.69. The second-order valence-electron chi connectivity index (χ2n) is 4.16. The van der Waals surface area contributed by atoms with Crippen LogP contribution in [0.4, 0.5) is 0 Å². The number of imidazole rings is 1. The van der Waals surface area contributed by atoms with E-state index in [2.05, 4.69) is 9.97 Å². The number of rotatable bonds is 3. The van der Waals surface area contributed by atoms with E-state index in [1.54, 1.807) is 18.5 Å². The molecule has 94 valence electrons. The fraction of sp³-hybridized carbons (Fsp3) is 0.0714. The van der Waals surface area contributed by atoms with Crippen molar-refractivity contribution < 1.29 is 9.90 Å². The highest BCUT2D eigenvalue weighted by Crippen LogP contribution is 2.15. The van der Waals surface area contributed by atoms with Crippen molar-refractivity contribution in [1.82, 2.24) is 14.4 Å². The number of benzene rings is 1. The maximum Gasteiger partial charge on any atom is 0.372 e. The molecule has 1 aromatic carbocycles. The molecule has 2 aromatic heterocycles. The third-order valence-corrected chi connectivity index (χ3v) is 2.88. The molecule has 0 spiro atoms. The van der Waals surface area contributed by atoms with Crippen LogP contribution in [0.5, 0.6) is 0 Å². The van der Waals surface area contributed by atoms with E-state index in [1.165, 1.54) is 4.40 Å². The number of fused-ring (bicyclic) bond motifs is 1. The van der Waals surface area contributed by atoms with Crippen molar-refractivity contribution in [3.8, 4) is 0 Å². The van der Waals surface area contributed by atoms with Crippen molar-refractivity contribution in [2.24, 2.45) is 0 Å². The molecule has 5 heteroatoms. The molecule has 0 atom stereocenters. The summed E-state index contributed by atoms with van der Waals surface area (Å²) in [4.78, 5) is 19.6. The molecule has 2 heterocycles. The fourth-order valence-corrected chi connectivity index (χ4v) is 2.05.